The molecule has 4 aromatic rings. The normalized spacial score (nSPS) is 18.5. The first-order valence-electron chi connectivity index (χ1n) is 11.9. The fourth-order valence-corrected chi connectivity index (χ4v) is 5.52. The molecule has 9 nitrogen and oxygen atoms in total. The quantitative estimate of drug-likeness (QED) is 0.398. The highest BCUT2D eigenvalue weighted by atomic mass is 79.9. The number of hydrogen-bond acceptors (Lipinski definition) is 7. The summed E-state index contributed by atoms with van der Waals surface area (Å²) in [7, 11) is 0. The number of hydrogen-bond donors (Lipinski definition) is 1. The van der Waals surface area contributed by atoms with E-state index in [-0.39, 0.29) is 17.7 Å². The van der Waals surface area contributed by atoms with Gasteiger partial charge in [-0.3, -0.25) is 9.79 Å². The van der Waals surface area contributed by atoms with E-state index >= 15 is 0 Å². The lowest BCUT2D eigenvalue weighted by atomic mass is 9.92. The molecular weight excluding hydrogens is 522 g/mol. The Bertz CT molecular complexity index is 1470. The van der Waals surface area contributed by atoms with Crippen molar-refractivity contribution in [2.75, 3.05) is 18.8 Å². The molecule has 182 valence electrons. The predicted molar refractivity (Wildman–Crippen MR) is 140 cm³/mol. The van der Waals surface area contributed by atoms with E-state index in [1.54, 1.807) is 4.52 Å². The Kier molecular flexibility index (Phi) is 5.88. The molecule has 1 saturated heterocycles. The standard InChI is InChI=1S/C26H24BrN7O2/c27-22-23(17-8-10-33(11-9-17)26(35)19-13-31-36-15-19)32-25-20(14-30-34(25)24(22)28)18-6-7-21(29-12-18)16-4-2-1-3-5-16/h1-5,7,12-15,17-18H,6,8-11,28H2. The summed E-state index contributed by atoms with van der Waals surface area (Å²) >= 11 is 3.67. The third-order valence-electron chi connectivity index (χ3n) is 6.95. The number of rotatable bonds is 4. The average Bonchev–Trinajstić information content (AvgIpc) is 3.62. The minimum atomic E-state index is -0.0609. The van der Waals surface area contributed by atoms with Crippen LogP contribution in [-0.2, 0) is 0 Å². The van der Waals surface area contributed by atoms with Gasteiger partial charge in [0.2, 0.25) is 0 Å². The number of halogens is 1. The Hall–Kier alpha value is -3.79. The van der Waals surface area contributed by atoms with Crippen LogP contribution < -0.4 is 5.73 Å². The van der Waals surface area contributed by atoms with Crippen molar-refractivity contribution < 1.29 is 9.32 Å². The Balaban J connectivity index is 1.24. The summed E-state index contributed by atoms with van der Waals surface area (Å²) < 4.78 is 7.27. The number of aliphatic imine (C=N–C) groups is 1. The first-order valence-corrected chi connectivity index (χ1v) is 12.7. The number of aromatic nitrogens is 4. The zero-order valence-corrected chi connectivity index (χ0v) is 21.0. The van der Waals surface area contributed by atoms with E-state index in [2.05, 4.69) is 44.4 Å². The molecule has 0 radical (unpaired) electrons. The lowest BCUT2D eigenvalue weighted by molar-refractivity contribution is 0.0711. The predicted octanol–water partition coefficient (Wildman–Crippen LogP) is 4.68. The first-order chi connectivity index (χ1) is 17.6. The SMILES string of the molecule is Nc1c(Br)c(C2CCN(C(=O)c3cnoc3)CC2)nc2c(C3C=NC(c4ccccc4)=CC3)cnn12. The number of nitrogen functional groups attached to an aromatic ring is 1. The highest BCUT2D eigenvalue weighted by Crippen LogP contribution is 2.37. The maximum Gasteiger partial charge on any atom is 0.258 e. The molecule has 2 N–H and O–H groups in total. The summed E-state index contributed by atoms with van der Waals surface area (Å²) in [6.07, 6.45) is 11.2. The summed E-state index contributed by atoms with van der Waals surface area (Å²) in [5.41, 5.74) is 11.7. The van der Waals surface area contributed by atoms with Crippen LogP contribution in [0.1, 0.15) is 58.3 Å². The van der Waals surface area contributed by atoms with Gasteiger partial charge in [0.1, 0.15) is 12.1 Å². The topological polar surface area (TPSA) is 115 Å². The van der Waals surface area contributed by atoms with Crippen LogP contribution >= 0.6 is 15.9 Å². The molecule has 0 spiro atoms. The number of piperidine rings is 1. The number of carbonyl (C=O) groups is 1. The number of likely N-dealkylation sites (tertiary alicyclic amines) is 1. The van der Waals surface area contributed by atoms with Gasteiger partial charge in [-0.25, -0.2) is 4.98 Å². The Morgan fingerprint density at radius 2 is 1.94 bits per heavy atom. The third kappa shape index (κ3) is 4.01. The van der Waals surface area contributed by atoms with Crippen LogP contribution in [0.15, 0.2) is 69.1 Å². The molecule has 1 amide bonds. The maximum atomic E-state index is 12.7. The second-order valence-electron chi connectivity index (χ2n) is 9.09. The van der Waals surface area contributed by atoms with Gasteiger partial charge in [0.25, 0.3) is 5.91 Å². The molecular formula is C26H24BrN7O2. The number of fused-ring (bicyclic) bond motifs is 1. The van der Waals surface area contributed by atoms with Crippen LogP contribution in [0.4, 0.5) is 5.82 Å². The number of nitrogens with two attached hydrogens (primary N) is 1. The van der Waals surface area contributed by atoms with E-state index in [4.69, 9.17) is 20.2 Å². The summed E-state index contributed by atoms with van der Waals surface area (Å²) in [5.74, 6) is 0.705. The van der Waals surface area contributed by atoms with Crippen molar-refractivity contribution >= 4 is 45.2 Å². The van der Waals surface area contributed by atoms with Gasteiger partial charge in [-0.05, 0) is 40.8 Å². The summed E-state index contributed by atoms with van der Waals surface area (Å²) in [6.45, 7) is 1.25. The van der Waals surface area contributed by atoms with E-state index < -0.39 is 0 Å². The molecule has 2 aliphatic rings. The molecule has 1 aromatic carbocycles. The van der Waals surface area contributed by atoms with Gasteiger partial charge in [0.05, 0.1) is 33.8 Å². The fourth-order valence-electron chi connectivity index (χ4n) is 4.94. The minimum Gasteiger partial charge on any atom is -0.383 e. The van der Waals surface area contributed by atoms with Crippen molar-refractivity contribution in [3.63, 3.8) is 0 Å². The molecule has 0 aliphatic carbocycles. The van der Waals surface area contributed by atoms with Gasteiger partial charge < -0.3 is 15.2 Å². The lowest BCUT2D eigenvalue weighted by Crippen LogP contribution is -2.38. The molecule has 1 atom stereocenters. The van der Waals surface area contributed by atoms with Crippen LogP contribution in [0.3, 0.4) is 0 Å². The molecule has 3 aromatic heterocycles. The Morgan fingerprint density at radius 3 is 2.64 bits per heavy atom. The molecule has 0 bridgehead atoms. The summed E-state index contributed by atoms with van der Waals surface area (Å²) in [4.78, 5) is 24.3. The van der Waals surface area contributed by atoms with Crippen molar-refractivity contribution in [1.29, 1.82) is 0 Å². The number of benzene rings is 1. The molecule has 0 saturated carbocycles. The Morgan fingerprint density at radius 1 is 1.14 bits per heavy atom. The first kappa shape index (κ1) is 22.7. The summed E-state index contributed by atoms with van der Waals surface area (Å²) in [5, 5.41) is 8.17. The van der Waals surface area contributed by atoms with Gasteiger partial charge in [0, 0.05) is 36.7 Å². The van der Waals surface area contributed by atoms with E-state index in [1.165, 1.54) is 12.5 Å². The zero-order valence-electron chi connectivity index (χ0n) is 19.4. The van der Waals surface area contributed by atoms with Crippen molar-refractivity contribution in [3.05, 3.63) is 81.9 Å². The van der Waals surface area contributed by atoms with Crippen LogP contribution in [0.25, 0.3) is 11.3 Å². The van der Waals surface area contributed by atoms with Crippen molar-refractivity contribution in [2.45, 2.75) is 31.1 Å². The number of nitrogens with zero attached hydrogens (tertiary/aromatic N) is 6. The van der Waals surface area contributed by atoms with Crippen LogP contribution in [0, 0.1) is 0 Å². The highest BCUT2D eigenvalue weighted by molar-refractivity contribution is 9.10. The molecule has 2 aliphatic heterocycles. The van der Waals surface area contributed by atoms with Gasteiger partial charge >= 0.3 is 0 Å². The monoisotopic (exact) mass is 545 g/mol. The second kappa shape index (κ2) is 9.34. The molecule has 1 unspecified atom stereocenters. The van der Waals surface area contributed by atoms with Crippen molar-refractivity contribution in [1.82, 2.24) is 24.7 Å². The molecule has 10 heteroatoms. The van der Waals surface area contributed by atoms with E-state index in [9.17, 15) is 4.79 Å². The number of amides is 1. The smallest absolute Gasteiger partial charge is 0.258 e. The number of carbonyl (C=O) groups excluding carboxylic acids is 1. The molecule has 6 rings (SSSR count). The second-order valence-corrected chi connectivity index (χ2v) is 9.88. The number of anilines is 1. The highest BCUT2D eigenvalue weighted by Gasteiger charge is 2.29. The number of allylic oxidation sites excluding steroid dienone is 1. The van der Waals surface area contributed by atoms with Crippen molar-refractivity contribution in [3.8, 4) is 0 Å². The fraction of sp³-hybridized carbons (Fsp3) is 0.269. The zero-order chi connectivity index (χ0) is 24.6. The largest absolute Gasteiger partial charge is 0.383 e. The van der Waals surface area contributed by atoms with E-state index in [1.807, 2.05) is 35.5 Å². The minimum absolute atomic E-state index is 0.0609. The van der Waals surface area contributed by atoms with Gasteiger partial charge in [-0.1, -0.05) is 41.6 Å². The molecule has 1 fully saturated rings. The van der Waals surface area contributed by atoms with Crippen LogP contribution in [0.5, 0.6) is 0 Å². The van der Waals surface area contributed by atoms with Gasteiger partial charge in [-0.15, -0.1) is 0 Å². The third-order valence-corrected chi connectivity index (χ3v) is 7.76. The van der Waals surface area contributed by atoms with E-state index in [0.717, 1.165) is 51.9 Å². The van der Waals surface area contributed by atoms with E-state index in [0.29, 0.717) is 24.5 Å². The molecule has 36 heavy (non-hydrogen) atoms. The van der Waals surface area contributed by atoms with Crippen molar-refractivity contribution in [2.24, 2.45) is 4.99 Å². The van der Waals surface area contributed by atoms with Crippen LogP contribution in [-0.4, -0.2) is 49.9 Å². The lowest BCUT2D eigenvalue weighted by Gasteiger charge is -2.32. The summed E-state index contributed by atoms with van der Waals surface area (Å²) in [6, 6.07) is 10.2. The maximum absolute atomic E-state index is 12.7. The van der Waals surface area contributed by atoms with Crippen LogP contribution in [0.2, 0.25) is 0 Å². The van der Waals surface area contributed by atoms with Gasteiger partial charge in [-0.2, -0.15) is 9.61 Å². The molecule has 5 heterocycles. The van der Waals surface area contributed by atoms with Gasteiger partial charge in [0.15, 0.2) is 5.65 Å². The Labute approximate surface area is 215 Å². The average molecular weight is 546 g/mol.